The Morgan fingerprint density at radius 1 is 1.15 bits per heavy atom. The third-order valence-corrected chi connectivity index (χ3v) is 5.60. The molecular formula is C21H16N2O3S. The van der Waals surface area contributed by atoms with Crippen molar-refractivity contribution < 1.29 is 9.53 Å². The highest BCUT2D eigenvalue weighted by molar-refractivity contribution is 7.20. The van der Waals surface area contributed by atoms with Crippen molar-refractivity contribution in [3.8, 4) is 0 Å². The van der Waals surface area contributed by atoms with Crippen LogP contribution in [0.15, 0.2) is 47.3 Å². The summed E-state index contributed by atoms with van der Waals surface area (Å²) in [6, 6.07) is 14.2. The highest BCUT2D eigenvalue weighted by atomic mass is 32.1. The molecule has 5 nitrogen and oxygen atoms in total. The maximum Gasteiger partial charge on any atom is 0.348 e. The van der Waals surface area contributed by atoms with Crippen LogP contribution in [0.25, 0.3) is 33.1 Å². The number of fused-ring (bicyclic) bond motifs is 2. The van der Waals surface area contributed by atoms with Gasteiger partial charge in [-0.25, -0.2) is 9.78 Å². The van der Waals surface area contributed by atoms with Crippen LogP contribution in [0.2, 0.25) is 0 Å². The van der Waals surface area contributed by atoms with Crippen molar-refractivity contribution in [2.45, 2.75) is 6.92 Å². The van der Waals surface area contributed by atoms with Gasteiger partial charge in [-0.1, -0.05) is 48.5 Å². The monoisotopic (exact) mass is 376 g/mol. The second kappa shape index (κ2) is 6.81. The van der Waals surface area contributed by atoms with Gasteiger partial charge < -0.3 is 9.72 Å². The number of esters is 1. The van der Waals surface area contributed by atoms with E-state index in [1.807, 2.05) is 30.3 Å². The predicted molar refractivity (Wildman–Crippen MR) is 109 cm³/mol. The molecule has 134 valence electrons. The Morgan fingerprint density at radius 3 is 2.74 bits per heavy atom. The topological polar surface area (TPSA) is 72.0 Å². The Morgan fingerprint density at radius 2 is 1.93 bits per heavy atom. The van der Waals surface area contributed by atoms with Gasteiger partial charge in [-0.2, -0.15) is 0 Å². The Balaban J connectivity index is 1.79. The summed E-state index contributed by atoms with van der Waals surface area (Å²) in [7, 11) is 1.32. The molecular weight excluding hydrogens is 360 g/mol. The Hall–Kier alpha value is -3.25. The molecule has 2 aromatic heterocycles. The summed E-state index contributed by atoms with van der Waals surface area (Å²) in [5.74, 6) is -0.0131. The lowest BCUT2D eigenvalue weighted by molar-refractivity contribution is 0.0605. The van der Waals surface area contributed by atoms with Gasteiger partial charge in [-0.05, 0) is 34.9 Å². The first-order valence-corrected chi connectivity index (χ1v) is 9.17. The molecule has 2 heterocycles. The highest BCUT2D eigenvalue weighted by Gasteiger charge is 2.19. The zero-order chi connectivity index (χ0) is 19.0. The molecule has 1 N–H and O–H groups in total. The van der Waals surface area contributed by atoms with Gasteiger partial charge in [0.05, 0.1) is 12.5 Å². The molecule has 6 heteroatoms. The molecule has 27 heavy (non-hydrogen) atoms. The van der Waals surface area contributed by atoms with Gasteiger partial charge in [0.2, 0.25) is 0 Å². The van der Waals surface area contributed by atoms with Gasteiger partial charge >= 0.3 is 5.97 Å². The fourth-order valence-corrected chi connectivity index (χ4v) is 4.20. The number of aromatic nitrogens is 2. The minimum absolute atomic E-state index is 0.263. The standard InChI is InChI=1S/C21H16N2O3S/c1-12-17-19(24)22-16(23-20(17)27-18(12)21(25)26-2)11-10-14-8-5-7-13-6-3-4-9-15(13)14/h3-11H,1-2H3,(H,22,23,24)/b11-10+. The van der Waals surface area contributed by atoms with E-state index in [9.17, 15) is 9.59 Å². The fourth-order valence-electron chi connectivity index (χ4n) is 3.09. The van der Waals surface area contributed by atoms with Crippen molar-refractivity contribution in [2.24, 2.45) is 0 Å². The van der Waals surface area contributed by atoms with Crippen LogP contribution in [-0.2, 0) is 4.74 Å². The molecule has 0 aliphatic carbocycles. The van der Waals surface area contributed by atoms with Crippen LogP contribution < -0.4 is 5.56 Å². The van der Waals surface area contributed by atoms with E-state index in [1.165, 1.54) is 18.4 Å². The molecule has 0 saturated heterocycles. The number of nitrogens with zero attached hydrogens (tertiary/aromatic N) is 1. The average Bonchev–Trinajstić information content (AvgIpc) is 3.02. The van der Waals surface area contributed by atoms with Crippen molar-refractivity contribution >= 4 is 50.4 Å². The summed E-state index contributed by atoms with van der Waals surface area (Å²) in [4.78, 5) is 32.6. The molecule has 0 spiro atoms. The first-order chi connectivity index (χ1) is 13.1. The summed E-state index contributed by atoms with van der Waals surface area (Å²) < 4.78 is 4.78. The maximum absolute atomic E-state index is 12.5. The fraction of sp³-hybridized carbons (Fsp3) is 0.0952. The van der Waals surface area contributed by atoms with Gasteiger partial charge in [-0.15, -0.1) is 11.3 Å². The number of carbonyl (C=O) groups is 1. The number of hydrogen-bond donors (Lipinski definition) is 1. The highest BCUT2D eigenvalue weighted by Crippen LogP contribution is 2.28. The molecule has 0 radical (unpaired) electrons. The lowest BCUT2D eigenvalue weighted by Gasteiger charge is -2.01. The lowest BCUT2D eigenvalue weighted by Crippen LogP contribution is -2.09. The van der Waals surface area contributed by atoms with Gasteiger partial charge in [0, 0.05) is 0 Å². The van der Waals surface area contributed by atoms with Crippen molar-refractivity contribution in [1.29, 1.82) is 0 Å². The largest absolute Gasteiger partial charge is 0.465 e. The minimum Gasteiger partial charge on any atom is -0.465 e. The number of nitrogens with one attached hydrogen (secondary N) is 1. The van der Waals surface area contributed by atoms with Crippen LogP contribution in [0.3, 0.4) is 0 Å². The average molecular weight is 376 g/mol. The van der Waals surface area contributed by atoms with E-state index in [0.29, 0.717) is 26.5 Å². The lowest BCUT2D eigenvalue weighted by atomic mass is 10.0. The van der Waals surface area contributed by atoms with E-state index < -0.39 is 5.97 Å². The molecule has 0 unspecified atom stereocenters. The number of aromatic amines is 1. The molecule has 0 amide bonds. The van der Waals surface area contributed by atoms with Crippen LogP contribution in [0.4, 0.5) is 0 Å². The normalized spacial score (nSPS) is 11.5. The first kappa shape index (κ1) is 17.2. The Bertz CT molecular complexity index is 1260. The molecule has 0 aliphatic heterocycles. The molecule has 0 fully saturated rings. The van der Waals surface area contributed by atoms with Crippen LogP contribution in [0.1, 0.15) is 26.6 Å². The summed E-state index contributed by atoms with van der Waals surface area (Å²) >= 11 is 1.17. The molecule has 4 aromatic rings. The molecule has 0 aliphatic rings. The van der Waals surface area contributed by atoms with E-state index in [-0.39, 0.29) is 5.56 Å². The van der Waals surface area contributed by atoms with Crippen molar-refractivity contribution in [2.75, 3.05) is 7.11 Å². The predicted octanol–water partition coefficient (Wildman–Crippen LogP) is 4.40. The van der Waals surface area contributed by atoms with Gasteiger partial charge in [0.15, 0.2) is 0 Å². The van der Waals surface area contributed by atoms with Crippen LogP contribution >= 0.6 is 11.3 Å². The summed E-state index contributed by atoms with van der Waals surface area (Å²) in [5, 5.41) is 2.70. The second-order valence-electron chi connectivity index (χ2n) is 6.08. The SMILES string of the molecule is COC(=O)c1sc2nc(/C=C/c3cccc4ccccc34)[nH]c(=O)c2c1C. The molecule has 0 bridgehead atoms. The maximum atomic E-state index is 12.5. The molecule has 0 atom stereocenters. The number of ether oxygens (including phenoxy) is 1. The van der Waals surface area contributed by atoms with Gasteiger partial charge in [0.25, 0.3) is 5.56 Å². The molecule has 2 aromatic carbocycles. The smallest absolute Gasteiger partial charge is 0.348 e. The van der Waals surface area contributed by atoms with E-state index >= 15 is 0 Å². The number of rotatable bonds is 3. The number of carbonyl (C=O) groups excluding carboxylic acids is 1. The van der Waals surface area contributed by atoms with Crippen LogP contribution in [0.5, 0.6) is 0 Å². The summed E-state index contributed by atoms with van der Waals surface area (Å²) in [5.41, 5.74) is 1.37. The van der Waals surface area contributed by atoms with E-state index in [0.717, 1.165) is 16.3 Å². The summed E-state index contributed by atoms with van der Waals surface area (Å²) in [6.07, 6.45) is 3.70. The van der Waals surface area contributed by atoms with Crippen molar-refractivity contribution in [3.63, 3.8) is 0 Å². The number of H-pyrrole nitrogens is 1. The van der Waals surface area contributed by atoms with Gasteiger partial charge in [-0.3, -0.25) is 4.79 Å². The molecule has 0 saturated carbocycles. The number of aryl methyl sites for hydroxylation is 1. The van der Waals surface area contributed by atoms with Crippen LogP contribution in [0, 0.1) is 6.92 Å². The van der Waals surface area contributed by atoms with E-state index in [4.69, 9.17) is 4.74 Å². The Kier molecular flexibility index (Phi) is 4.33. The number of thiophene rings is 1. The number of benzene rings is 2. The van der Waals surface area contributed by atoms with Crippen LogP contribution in [-0.4, -0.2) is 23.0 Å². The minimum atomic E-state index is -0.456. The molecule has 4 rings (SSSR count). The zero-order valence-electron chi connectivity index (χ0n) is 14.8. The van der Waals surface area contributed by atoms with Crippen molar-refractivity contribution in [1.82, 2.24) is 9.97 Å². The second-order valence-corrected chi connectivity index (χ2v) is 7.08. The third-order valence-electron chi connectivity index (χ3n) is 4.43. The number of methoxy groups -OCH3 is 1. The van der Waals surface area contributed by atoms with Gasteiger partial charge in [0.1, 0.15) is 15.5 Å². The zero-order valence-corrected chi connectivity index (χ0v) is 15.6. The van der Waals surface area contributed by atoms with Crippen molar-refractivity contribution in [3.05, 3.63) is 74.6 Å². The first-order valence-electron chi connectivity index (χ1n) is 8.36. The quantitative estimate of drug-likeness (QED) is 0.538. The van der Waals surface area contributed by atoms with E-state index in [1.54, 1.807) is 13.0 Å². The third kappa shape index (κ3) is 3.04. The van der Waals surface area contributed by atoms with E-state index in [2.05, 4.69) is 28.2 Å². The number of hydrogen-bond acceptors (Lipinski definition) is 5. The Labute approximate surface area is 159 Å². The summed E-state index contributed by atoms with van der Waals surface area (Å²) in [6.45, 7) is 1.73.